The second-order valence-electron chi connectivity index (χ2n) is 7.93. The van der Waals surface area contributed by atoms with Gasteiger partial charge in [0, 0.05) is 13.1 Å². The number of benzene rings is 1. The van der Waals surface area contributed by atoms with E-state index in [-0.39, 0.29) is 5.91 Å². The smallest absolute Gasteiger partial charge is 0.263 e. The molecular weight excluding hydrogens is 370 g/mol. The summed E-state index contributed by atoms with van der Waals surface area (Å²) in [5.74, 6) is 2.51. The summed E-state index contributed by atoms with van der Waals surface area (Å²) >= 11 is 1.53. The highest BCUT2D eigenvalue weighted by Gasteiger charge is 2.25. The van der Waals surface area contributed by atoms with E-state index in [1.165, 1.54) is 29.7 Å². The third kappa shape index (κ3) is 4.52. The van der Waals surface area contributed by atoms with Crippen molar-refractivity contribution < 1.29 is 14.3 Å². The zero-order chi connectivity index (χ0) is 19.3. The van der Waals surface area contributed by atoms with Gasteiger partial charge in [-0.15, -0.1) is 11.3 Å². The molecule has 1 saturated heterocycles. The Morgan fingerprint density at radius 3 is 2.57 bits per heavy atom. The number of carbonyl (C=O) groups is 1. The first-order valence-electron chi connectivity index (χ1n) is 10.4. The van der Waals surface area contributed by atoms with Crippen molar-refractivity contribution in [2.75, 3.05) is 20.2 Å². The molecule has 2 fully saturated rings. The van der Waals surface area contributed by atoms with Crippen LogP contribution < -0.4 is 9.47 Å². The normalized spacial score (nSPS) is 18.4. The molecule has 150 valence electrons. The summed E-state index contributed by atoms with van der Waals surface area (Å²) in [6.07, 6.45) is 8.28. The van der Waals surface area contributed by atoms with Crippen LogP contribution in [0.1, 0.15) is 53.8 Å². The highest BCUT2D eigenvalue weighted by Crippen LogP contribution is 2.34. The van der Waals surface area contributed by atoms with Gasteiger partial charge in [-0.2, -0.15) is 0 Å². The summed E-state index contributed by atoms with van der Waals surface area (Å²) in [6.45, 7) is 1.70. The van der Waals surface area contributed by atoms with E-state index in [1.807, 2.05) is 28.5 Å². The van der Waals surface area contributed by atoms with E-state index in [1.54, 1.807) is 7.11 Å². The first kappa shape index (κ1) is 19.3. The van der Waals surface area contributed by atoms with Crippen LogP contribution in [0.3, 0.4) is 0 Å². The summed E-state index contributed by atoms with van der Waals surface area (Å²) in [4.78, 5) is 15.4. The Morgan fingerprint density at radius 1 is 1.11 bits per heavy atom. The van der Waals surface area contributed by atoms with Crippen molar-refractivity contribution in [2.24, 2.45) is 5.92 Å². The van der Waals surface area contributed by atoms with Crippen LogP contribution >= 0.6 is 11.3 Å². The Morgan fingerprint density at radius 2 is 1.89 bits per heavy atom. The van der Waals surface area contributed by atoms with Gasteiger partial charge in [-0.05, 0) is 80.0 Å². The Kier molecular flexibility index (Phi) is 6.20. The number of carbonyl (C=O) groups excluding carboxylic acids is 1. The van der Waals surface area contributed by atoms with Gasteiger partial charge >= 0.3 is 0 Å². The molecule has 4 nitrogen and oxygen atoms in total. The second-order valence-corrected chi connectivity index (χ2v) is 8.87. The third-order valence-electron chi connectivity index (χ3n) is 5.98. The van der Waals surface area contributed by atoms with Crippen molar-refractivity contribution in [3.05, 3.63) is 46.2 Å². The molecule has 0 spiro atoms. The lowest BCUT2D eigenvalue weighted by Crippen LogP contribution is -2.38. The molecule has 1 aromatic carbocycles. The molecule has 0 bridgehead atoms. The highest BCUT2D eigenvalue weighted by molar-refractivity contribution is 7.12. The first-order chi connectivity index (χ1) is 13.7. The number of thiophene rings is 1. The van der Waals surface area contributed by atoms with E-state index < -0.39 is 0 Å². The Balaban J connectivity index is 1.35. The van der Waals surface area contributed by atoms with Gasteiger partial charge < -0.3 is 14.4 Å². The molecule has 2 aromatic rings. The van der Waals surface area contributed by atoms with Gasteiger partial charge in [0.15, 0.2) is 11.5 Å². The molecule has 0 unspecified atom stereocenters. The number of likely N-dealkylation sites (tertiary alicyclic amines) is 1. The topological polar surface area (TPSA) is 38.8 Å². The summed E-state index contributed by atoms with van der Waals surface area (Å²) in [5, 5.41) is 1.97. The maximum absolute atomic E-state index is 12.5. The molecule has 0 radical (unpaired) electrons. The summed E-state index contributed by atoms with van der Waals surface area (Å²) < 4.78 is 11.7. The van der Waals surface area contributed by atoms with Crippen LogP contribution in [0.15, 0.2) is 35.7 Å². The summed E-state index contributed by atoms with van der Waals surface area (Å²) in [6, 6.07) is 10.2. The van der Waals surface area contributed by atoms with Crippen LogP contribution in [-0.2, 0) is 6.42 Å². The molecule has 2 aliphatic rings. The zero-order valence-corrected chi connectivity index (χ0v) is 17.4. The molecule has 1 saturated carbocycles. The molecule has 1 amide bonds. The quantitative estimate of drug-likeness (QED) is 0.672. The fourth-order valence-corrected chi connectivity index (χ4v) is 5.05. The lowest BCUT2D eigenvalue weighted by atomic mass is 9.90. The van der Waals surface area contributed by atoms with E-state index >= 15 is 0 Å². The second kappa shape index (κ2) is 8.99. The van der Waals surface area contributed by atoms with E-state index in [2.05, 4.69) is 12.1 Å². The van der Waals surface area contributed by atoms with Crippen LogP contribution in [0, 0.1) is 5.92 Å². The average molecular weight is 400 g/mol. The van der Waals surface area contributed by atoms with Crippen molar-refractivity contribution in [3.8, 4) is 11.5 Å². The third-order valence-corrected chi connectivity index (χ3v) is 6.84. The number of ether oxygens (including phenoxy) is 2. The average Bonchev–Trinajstić information content (AvgIpc) is 3.43. The van der Waals surface area contributed by atoms with Gasteiger partial charge in [-0.25, -0.2) is 0 Å². The molecule has 1 aromatic heterocycles. The van der Waals surface area contributed by atoms with E-state index in [0.29, 0.717) is 12.0 Å². The number of rotatable bonds is 6. The zero-order valence-electron chi connectivity index (χ0n) is 16.6. The molecule has 2 heterocycles. The van der Waals surface area contributed by atoms with Crippen LogP contribution in [-0.4, -0.2) is 37.1 Å². The van der Waals surface area contributed by atoms with Gasteiger partial charge in [0.1, 0.15) is 0 Å². The van der Waals surface area contributed by atoms with Crippen molar-refractivity contribution >= 4 is 17.2 Å². The maximum atomic E-state index is 12.5. The van der Waals surface area contributed by atoms with Crippen molar-refractivity contribution in [1.29, 1.82) is 0 Å². The number of methoxy groups -OCH3 is 1. The minimum atomic E-state index is 0.185. The van der Waals surface area contributed by atoms with Crippen molar-refractivity contribution in [3.63, 3.8) is 0 Å². The highest BCUT2D eigenvalue weighted by atomic mass is 32.1. The monoisotopic (exact) mass is 399 g/mol. The first-order valence-corrected chi connectivity index (χ1v) is 11.3. The fourth-order valence-electron chi connectivity index (χ4n) is 4.36. The molecular formula is C23H29NO3S. The van der Waals surface area contributed by atoms with Gasteiger partial charge in [-0.1, -0.05) is 12.1 Å². The predicted molar refractivity (Wildman–Crippen MR) is 113 cm³/mol. The minimum absolute atomic E-state index is 0.185. The molecule has 1 aliphatic heterocycles. The Labute approximate surface area is 171 Å². The number of nitrogens with zero attached hydrogens (tertiary/aromatic N) is 1. The lowest BCUT2D eigenvalue weighted by Gasteiger charge is -2.32. The summed E-state index contributed by atoms with van der Waals surface area (Å²) in [5.41, 5.74) is 1.30. The predicted octanol–water partition coefficient (Wildman–Crippen LogP) is 5.17. The van der Waals surface area contributed by atoms with Crippen LogP contribution in [0.5, 0.6) is 11.5 Å². The lowest BCUT2D eigenvalue weighted by molar-refractivity contribution is 0.0695. The van der Waals surface area contributed by atoms with Crippen molar-refractivity contribution in [2.45, 2.75) is 51.0 Å². The van der Waals surface area contributed by atoms with Gasteiger partial charge in [-0.3, -0.25) is 4.79 Å². The van der Waals surface area contributed by atoms with E-state index in [0.717, 1.165) is 61.6 Å². The van der Waals surface area contributed by atoms with Crippen molar-refractivity contribution in [1.82, 2.24) is 4.90 Å². The van der Waals surface area contributed by atoms with Gasteiger partial charge in [0.2, 0.25) is 0 Å². The van der Waals surface area contributed by atoms with E-state index in [9.17, 15) is 4.79 Å². The SMILES string of the molecule is COc1ccc(CC2CCN(C(=O)c3cccs3)CC2)cc1OC1CCCC1. The maximum Gasteiger partial charge on any atom is 0.263 e. The Bertz CT molecular complexity index is 775. The van der Waals surface area contributed by atoms with Crippen LogP contribution in [0.4, 0.5) is 0 Å². The minimum Gasteiger partial charge on any atom is -0.493 e. The van der Waals surface area contributed by atoms with Gasteiger partial charge in [0.25, 0.3) is 5.91 Å². The number of piperidine rings is 1. The Hall–Kier alpha value is -2.01. The fraction of sp³-hybridized carbons (Fsp3) is 0.522. The van der Waals surface area contributed by atoms with Crippen LogP contribution in [0.25, 0.3) is 0 Å². The number of hydrogen-bond donors (Lipinski definition) is 0. The van der Waals surface area contributed by atoms with Crippen LogP contribution in [0.2, 0.25) is 0 Å². The summed E-state index contributed by atoms with van der Waals surface area (Å²) in [7, 11) is 1.71. The van der Waals surface area contributed by atoms with E-state index in [4.69, 9.17) is 9.47 Å². The molecule has 0 N–H and O–H groups in total. The van der Waals surface area contributed by atoms with Gasteiger partial charge in [0.05, 0.1) is 18.1 Å². The molecule has 0 atom stereocenters. The number of amides is 1. The molecule has 5 heteroatoms. The molecule has 1 aliphatic carbocycles. The molecule has 28 heavy (non-hydrogen) atoms. The largest absolute Gasteiger partial charge is 0.493 e. The number of hydrogen-bond acceptors (Lipinski definition) is 4. The molecule has 4 rings (SSSR count). The standard InChI is InChI=1S/C23H29NO3S/c1-26-20-9-8-18(16-21(20)27-19-5-2-3-6-19)15-17-10-12-24(13-11-17)23(25)22-7-4-14-28-22/h4,7-9,14,16-17,19H,2-3,5-6,10-13,15H2,1H3.